The molecule has 0 saturated heterocycles. The van der Waals surface area contributed by atoms with Gasteiger partial charge in [0.2, 0.25) is 5.91 Å². The molecule has 0 aliphatic heterocycles. The fraction of sp³-hybridized carbons (Fsp3) is 0.928. The van der Waals surface area contributed by atoms with Crippen molar-refractivity contribution in [2.24, 2.45) is 0 Å². The third kappa shape index (κ3) is 75.3. The van der Waals surface area contributed by atoms with Crippen molar-refractivity contribution < 1.29 is 24.5 Å². The van der Waals surface area contributed by atoms with Crippen LogP contribution in [0.4, 0.5) is 0 Å². The Hall–Kier alpha value is -1.66. The van der Waals surface area contributed by atoms with Crippen molar-refractivity contribution in [2.45, 2.75) is 482 Å². The van der Waals surface area contributed by atoms with Gasteiger partial charge in [-0.1, -0.05) is 404 Å². The molecule has 0 saturated carbocycles. The average Bonchev–Trinajstić information content (AvgIpc) is 3.64. The predicted molar refractivity (Wildman–Crippen MR) is 393 cm³/mol. The molecule has 0 spiro atoms. The van der Waals surface area contributed by atoms with Crippen LogP contribution in [0.3, 0.4) is 0 Å². The van der Waals surface area contributed by atoms with Gasteiger partial charge in [0.1, 0.15) is 0 Å². The molecule has 0 aliphatic rings. The first-order valence-corrected chi connectivity index (χ1v) is 41.1. The molecule has 2 unspecified atom stereocenters. The highest BCUT2D eigenvalue weighted by atomic mass is 16.5. The van der Waals surface area contributed by atoms with Gasteiger partial charge < -0.3 is 20.3 Å². The molecular formula is C83H161NO5. The van der Waals surface area contributed by atoms with E-state index in [1.165, 1.54) is 392 Å². The lowest BCUT2D eigenvalue weighted by molar-refractivity contribution is -0.143. The van der Waals surface area contributed by atoms with E-state index in [-0.39, 0.29) is 18.5 Å². The Labute approximate surface area is 558 Å². The average molecular weight is 1250 g/mol. The van der Waals surface area contributed by atoms with E-state index in [4.69, 9.17) is 4.74 Å². The van der Waals surface area contributed by atoms with E-state index in [1.807, 2.05) is 0 Å². The largest absolute Gasteiger partial charge is 0.466 e. The third-order valence-corrected chi connectivity index (χ3v) is 19.5. The van der Waals surface area contributed by atoms with E-state index in [1.54, 1.807) is 0 Å². The summed E-state index contributed by atoms with van der Waals surface area (Å²) < 4.78 is 5.49. The SMILES string of the molecule is CCCCCC/C=C\CCCCCCCC(=O)OCCCCCCCCCCCCCCCC/C=C\CCCCCCCCCCCCCCCCCCCC(=O)NC(CO)C(O)CCCCCCCCCCCCCCCCCCCCCCCCCC. The van der Waals surface area contributed by atoms with Crippen LogP contribution in [0, 0.1) is 0 Å². The Morgan fingerprint density at radius 1 is 0.303 bits per heavy atom. The Kier molecular flexibility index (Phi) is 77.3. The monoisotopic (exact) mass is 1250 g/mol. The minimum atomic E-state index is -0.663. The van der Waals surface area contributed by atoms with E-state index in [9.17, 15) is 19.8 Å². The van der Waals surface area contributed by atoms with Gasteiger partial charge in [-0.2, -0.15) is 0 Å². The zero-order chi connectivity index (χ0) is 64.2. The number of nitrogens with one attached hydrogen (secondary N) is 1. The number of allylic oxidation sites excluding steroid dienone is 4. The standard InChI is InChI=1S/C83H161NO5/c1-3-5-7-9-11-13-15-17-18-19-20-21-22-36-39-42-45-48-52-55-59-63-67-71-75-81(86)80(79-85)84-82(87)76-72-68-64-60-56-53-49-46-43-40-37-34-32-30-28-26-24-23-25-27-29-31-33-35-38-41-44-47-50-54-58-62-66-70-74-78-89-83(88)77-73-69-65-61-57-51-16-14-12-10-8-6-4-2/h14,16,25,27,80-81,85-86H,3-13,15,17-24,26,28-79H2,1-2H3,(H,84,87)/b16-14-,27-25-. The predicted octanol–water partition coefficient (Wildman–Crippen LogP) is 27.2. The van der Waals surface area contributed by atoms with Crippen LogP contribution < -0.4 is 5.32 Å². The maximum absolute atomic E-state index is 12.6. The van der Waals surface area contributed by atoms with Crippen LogP contribution in [0.2, 0.25) is 0 Å². The molecule has 89 heavy (non-hydrogen) atoms. The molecule has 0 heterocycles. The van der Waals surface area contributed by atoms with Gasteiger partial charge in [0.15, 0.2) is 0 Å². The maximum atomic E-state index is 12.6. The molecule has 3 N–H and O–H groups in total. The quantitative estimate of drug-likeness (QED) is 0.0320. The third-order valence-electron chi connectivity index (χ3n) is 19.5. The van der Waals surface area contributed by atoms with E-state index in [0.717, 1.165) is 44.9 Å². The van der Waals surface area contributed by atoms with Gasteiger partial charge in [0.05, 0.1) is 25.4 Å². The molecule has 0 aliphatic carbocycles. The molecule has 2 atom stereocenters. The number of aliphatic hydroxyl groups is 2. The van der Waals surface area contributed by atoms with E-state index in [0.29, 0.717) is 25.9 Å². The van der Waals surface area contributed by atoms with Crippen LogP contribution in [0.15, 0.2) is 24.3 Å². The van der Waals surface area contributed by atoms with Crippen molar-refractivity contribution in [1.82, 2.24) is 5.32 Å². The van der Waals surface area contributed by atoms with Crippen LogP contribution in [-0.4, -0.2) is 47.4 Å². The molecule has 0 fully saturated rings. The summed E-state index contributed by atoms with van der Waals surface area (Å²) in [5, 5.41) is 23.5. The topological polar surface area (TPSA) is 95.9 Å². The number of rotatable bonds is 78. The lowest BCUT2D eigenvalue weighted by Gasteiger charge is -2.22. The summed E-state index contributed by atoms with van der Waals surface area (Å²) in [4.78, 5) is 24.6. The van der Waals surface area contributed by atoms with Crippen LogP contribution in [-0.2, 0) is 14.3 Å². The van der Waals surface area contributed by atoms with Gasteiger partial charge in [-0.25, -0.2) is 0 Å². The number of ether oxygens (including phenoxy) is 1. The van der Waals surface area contributed by atoms with Gasteiger partial charge in [-0.15, -0.1) is 0 Å². The van der Waals surface area contributed by atoms with Crippen molar-refractivity contribution in [3.05, 3.63) is 24.3 Å². The highest BCUT2D eigenvalue weighted by molar-refractivity contribution is 5.76. The van der Waals surface area contributed by atoms with Gasteiger partial charge in [0, 0.05) is 12.8 Å². The number of carbonyl (C=O) groups excluding carboxylic acids is 2. The second-order valence-electron chi connectivity index (χ2n) is 28.5. The summed E-state index contributed by atoms with van der Waals surface area (Å²) in [6, 6.07) is -0.540. The molecule has 0 bridgehead atoms. The normalized spacial score (nSPS) is 12.5. The first kappa shape index (κ1) is 87.3. The number of carbonyl (C=O) groups is 2. The van der Waals surface area contributed by atoms with E-state index < -0.39 is 12.1 Å². The van der Waals surface area contributed by atoms with Gasteiger partial charge >= 0.3 is 5.97 Å². The first-order valence-electron chi connectivity index (χ1n) is 41.1. The summed E-state index contributed by atoms with van der Waals surface area (Å²) >= 11 is 0. The highest BCUT2D eigenvalue weighted by Crippen LogP contribution is 2.20. The number of aliphatic hydroxyl groups excluding tert-OH is 2. The molecule has 0 radical (unpaired) electrons. The van der Waals surface area contributed by atoms with Crippen molar-refractivity contribution in [3.8, 4) is 0 Å². The number of amides is 1. The Morgan fingerprint density at radius 2 is 0.528 bits per heavy atom. The molecule has 528 valence electrons. The molecule has 0 rings (SSSR count). The molecule has 1 amide bonds. The fourth-order valence-corrected chi connectivity index (χ4v) is 13.2. The molecule has 0 aromatic rings. The van der Waals surface area contributed by atoms with Crippen molar-refractivity contribution in [2.75, 3.05) is 13.2 Å². The summed E-state index contributed by atoms with van der Waals surface area (Å²) in [5.41, 5.74) is 0. The minimum Gasteiger partial charge on any atom is -0.466 e. The van der Waals surface area contributed by atoms with Gasteiger partial charge in [-0.05, 0) is 77.0 Å². The number of hydrogen-bond donors (Lipinski definition) is 3. The van der Waals surface area contributed by atoms with Crippen molar-refractivity contribution >= 4 is 11.9 Å². The number of unbranched alkanes of at least 4 members (excludes halogenated alkanes) is 63. The molecule has 6 nitrogen and oxygen atoms in total. The lowest BCUT2D eigenvalue weighted by atomic mass is 10.0. The fourth-order valence-electron chi connectivity index (χ4n) is 13.2. The number of esters is 1. The Balaban J connectivity index is 3.35. The second kappa shape index (κ2) is 78.8. The van der Waals surface area contributed by atoms with Gasteiger partial charge in [0.25, 0.3) is 0 Å². The highest BCUT2D eigenvalue weighted by Gasteiger charge is 2.20. The van der Waals surface area contributed by atoms with E-state index in [2.05, 4.69) is 43.5 Å². The maximum Gasteiger partial charge on any atom is 0.305 e. The van der Waals surface area contributed by atoms with Crippen LogP contribution in [0.5, 0.6) is 0 Å². The summed E-state index contributed by atoms with van der Waals surface area (Å²) in [7, 11) is 0. The first-order chi connectivity index (χ1) is 44.0. The lowest BCUT2D eigenvalue weighted by Crippen LogP contribution is -2.45. The Bertz CT molecular complexity index is 1400. The van der Waals surface area contributed by atoms with Crippen molar-refractivity contribution in [3.63, 3.8) is 0 Å². The molecular weight excluding hydrogens is 1090 g/mol. The summed E-state index contributed by atoms with van der Waals surface area (Å²) in [6.07, 6.45) is 101. The van der Waals surface area contributed by atoms with Crippen LogP contribution in [0.25, 0.3) is 0 Å². The van der Waals surface area contributed by atoms with E-state index >= 15 is 0 Å². The second-order valence-corrected chi connectivity index (χ2v) is 28.5. The Morgan fingerprint density at radius 3 is 0.809 bits per heavy atom. The van der Waals surface area contributed by atoms with Crippen LogP contribution >= 0.6 is 0 Å². The van der Waals surface area contributed by atoms with Crippen molar-refractivity contribution in [1.29, 1.82) is 0 Å². The molecule has 0 aromatic heterocycles. The molecule has 0 aromatic carbocycles. The number of hydrogen-bond acceptors (Lipinski definition) is 5. The summed E-state index contributed by atoms with van der Waals surface area (Å²) in [5.74, 6) is -0.0135. The molecule has 6 heteroatoms. The zero-order valence-corrected chi connectivity index (χ0v) is 60.7. The van der Waals surface area contributed by atoms with Gasteiger partial charge in [-0.3, -0.25) is 9.59 Å². The smallest absolute Gasteiger partial charge is 0.305 e. The van der Waals surface area contributed by atoms with Crippen LogP contribution in [0.1, 0.15) is 470 Å². The zero-order valence-electron chi connectivity index (χ0n) is 60.7. The summed E-state index contributed by atoms with van der Waals surface area (Å²) in [6.45, 7) is 4.99. The minimum absolute atomic E-state index is 0.0119.